The van der Waals surface area contributed by atoms with Gasteiger partial charge in [0.1, 0.15) is 0 Å². The average Bonchev–Trinajstić information content (AvgIpc) is 2.41. The predicted molar refractivity (Wildman–Crippen MR) is 71.0 cm³/mol. The molecule has 18 heavy (non-hydrogen) atoms. The largest absolute Gasteiger partial charge is 0.386 e. The van der Waals surface area contributed by atoms with Crippen molar-refractivity contribution in [1.29, 1.82) is 0 Å². The van der Waals surface area contributed by atoms with Crippen LogP contribution in [0.5, 0.6) is 0 Å². The number of carbonyl (C=O) groups excluding carboxylic acids is 1. The molecular weight excluding hydrogens is 252 g/mol. The van der Waals surface area contributed by atoms with Crippen molar-refractivity contribution in [3.63, 3.8) is 0 Å². The second-order valence-corrected chi connectivity index (χ2v) is 3.87. The fraction of sp³-hybridized carbons (Fsp3) is 0.0833. The van der Waals surface area contributed by atoms with Gasteiger partial charge in [0.2, 0.25) is 0 Å². The molecule has 92 valence electrons. The van der Waals surface area contributed by atoms with E-state index in [0.29, 0.717) is 22.1 Å². The van der Waals surface area contributed by atoms with Crippen LogP contribution in [0.3, 0.4) is 0 Å². The Balaban J connectivity index is 2.25. The molecule has 2 aromatic rings. The first-order valence-electron chi connectivity index (χ1n) is 5.26. The van der Waals surface area contributed by atoms with Crippen LogP contribution >= 0.6 is 11.6 Å². The smallest absolute Gasteiger partial charge is 0.259 e. The summed E-state index contributed by atoms with van der Waals surface area (Å²) in [4.78, 5) is 20.0. The number of anilines is 2. The number of carbonyl (C=O) groups is 1. The molecule has 2 aromatic heterocycles. The van der Waals surface area contributed by atoms with Crippen LogP contribution in [0.25, 0.3) is 0 Å². The molecule has 0 aromatic carbocycles. The van der Waals surface area contributed by atoms with Crippen LogP contribution < -0.4 is 10.6 Å². The number of pyridine rings is 2. The normalized spacial score (nSPS) is 9.89. The second kappa shape index (κ2) is 5.46. The zero-order valence-corrected chi connectivity index (χ0v) is 10.4. The first-order chi connectivity index (χ1) is 8.72. The summed E-state index contributed by atoms with van der Waals surface area (Å²) in [7, 11) is 1.72. The van der Waals surface area contributed by atoms with Gasteiger partial charge < -0.3 is 10.6 Å². The molecule has 1 amide bonds. The molecule has 0 radical (unpaired) electrons. The Hall–Kier alpha value is -2.14. The molecule has 5 nitrogen and oxygen atoms in total. The van der Waals surface area contributed by atoms with E-state index in [1.807, 2.05) is 0 Å². The van der Waals surface area contributed by atoms with Gasteiger partial charge in [0.15, 0.2) is 5.82 Å². The lowest BCUT2D eigenvalue weighted by atomic mass is 10.2. The molecule has 6 heteroatoms. The Labute approximate surface area is 109 Å². The van der Waals surface area contributed by atoms with Gasteiger partial charge in [-0.15, -0.1) is 0 Å². The topological polar surface area (TPSA) is 66.9 Å². The van der Waals surface area contributed by atoms with E-state index in [4.69, 9.17) is 11.6 Å². The third kappa shape index (κ3) is 2.57. The first kappa shape index (κ1) is 12.3. The molecule has 0 aliphatic rings. The van der Waals surface area contributed by atoms with E-state index < -0.39 is 0 Å². The molecule has 2 rings (SSSR count). The molecule has 0 fully saturated rings. The maximum absolute atomic E-state index is 12.1. The summed E-state index contributed by atoms with van der Waals surface area (Å²) in [6.45, 7) is 0. The number of hydrogen-bond donors (Lipinski definition) is 2. The van der Waals surface area contributed by atoms with E-state index in [0.717, 1.165) is 0 Å². The Bertz CT molecular complexity index is 574. The van der Waals surface area contributed by atoms with Gasteiger partial charge in [-0.05, 0) is 18.2 Å². The van der Waals surface area contributed by atoms with Crippen molar-refractivity contribution in [3.05, 3.63) is 47.4 Å². The Morgan fingerprint density at radius 2 is 2.17 bits per heavy atom. The van der Waals surface area contributed by atoms with Gasteiger partial charge in [0, 0.05) is 19.4 Å². The second-order valence-electron chi connectivity index (χ2n) is 3.46. The number of nitrogens with zero attached hydrogens (tertiary/aromatic N) is 2. The van der Waals surface area contributed by atoms with Crippen molar-refractivity contribution in [3.8, 4) is 0 Å². The average molecular weight is 263 g/mol. The lowest BCUT2D eigenvalue weighted by molar-refractivity contribution is 0.102. The van der Waals surface area contributed by atoms with Crippen molar-refractivity contribution in [2.24, 2.45) is 0 Å². The van der Waals surface area contributed by atoms with Gasteiger partial charge in [-0.25, -0.2) is 4.98 Å². The zero-order valence-electron chi connectivity index (χ0n) is 9.64. The molecule has 0 aliphatic carbocycles. The number of nitrogens with one attached hydrogen (secondary N) is 2. The standard InChI is InChI=1S/C12H11ClN4O/c1-14-10-7-15-6-4-8(10)12(18)17-11-9(13)3-2-5-16-11/h2-7,14H,1H3,(H,16,17,18). The summed E-state index contributed by atoms with van der Waals surface area (Å²) in [6.07, 6.45) is 4.69. The quantitative estimate of drug-likeness (QED) is 0.892. The lowest BCUT2D eigenvalue weighted by Crippen LogP contribution is -2.15. The predicted octanol–water partition coefficient (Wildman–Crippen LogP) is 2.42. The highest BCUT2D eigenvalue weighted by atomic mass is 35.5. The van der Waals surface area contributed by atoms with Crippen LogP contribution in [-0.2, 0) is 0 Å². The molecule has 2 heterocycles. The van der Waals surface area contributed by atoms with Crippen LogP contribution in [-0.4, -0.2) is 22.9 Å². The van der Waals surface area contributed by atoms with E-state index in [2.05, 4.69) is 20.6 Å². The van der Waals surface area contributed by atoms with E-state index in [9.17, 15) is 4.79 Å². The van der Waals surface area contributed by atoms with Gasteiger partial charge in [-0.2, -0.15) is 0 Å². The molecule has 0 atom stereocenters. The number of aromatic nitrogens is 2. The van der Waals surface area contributed by atoms with Crippen LogP contribution in [0, 0.1) is 0 Å². The molecular formula is C12H11ClN4O. The summed E-state index contributed by atoms with van der Waals surface area (Å²) in [5, 5.41) is 5.95. The van der Waals surface area contributed by atoms with Crippen molar-refractivity contribution >= 4 is 29.0 Å². The summed E-state index contributed by atoms with van der Waals surface area (Å²) in [5.74, 6) is 0.0466. The molecule has 0 aliphatic heterocycles. The number of hydrogen-bond acceptors (Lipinski definition) is 4. The fourth-order valence-electron chi connectivity index (χ4n) is 1.44. The Morgan fingerprint density at radius 3 is 2.89 bits per heavy atom. The summed E-state index contributed by atoms with van der Waals surface area (Å²) < 4.78 is 0. The Kier molecular flexibility index (Phi) is 3.74. The highest BCUT2D eigenvalue weighted by Crippen LogP contribution is 2.20. The van der Waals surface area contributed by atoms with E-state index in [-0.39, 0.29) is 5.91 Å². The lowest BCUT2D eigenvalue weighted by Gasteiger charge is -2.09. The highest BCUT2D eigenvalue weighted by molar-refractivity contribution is 6.33. The van der Waals surface area contributed by atoms with Crippen molar-refractivity contribution in [2.75, 3.05) is 17.7 Å². The van der Waals surface area contributed by atoms with Gasteiger partial charge >= 0.3 is 0 Å². The van der Waals surface area contributed by atoms with Crippen LogP contribution in [0.15, 0.2) is 36.8 Å². The monoisotopic (exact) mass is 262 g/mol. The molecule has 0 bridgehead atoms. The van der Waals surface area contributed by atoms with Crippen molar-refractivity contribution in [1.82, 2.24) is 9.97 Å². The minimum Gasteiger partial charge on any atom is -0.386 e. The SMILES string of the molecule is CNc1cnccc1C(=O)Nc1ncccc1Cl. The minimum absolute atomic E-state index is 0.289. The molecule has 0 saturated heterocycles. The van der Waals surface area contributed by atoms with Crippen molar-refractivity contribution in [2.45, 2.75) is 0 Å². The highest BCUT2D eigenvalue weighted by Gasteiger charge is 2.12. The van der Waals surface area contributed by atoms with Gasteiger partial charge in [0.05, 0.1) is 22.5 Å². The molecule has 0 spiro atoms. The number of rotatable bonds is 3. The van der Waals surface area contributed by atoms with E-state index >= 15 is 0 Å². The Morgan fingerprint density at radius 1 is 1.33 bits per heavy atom. The third-order valence-electron chi connectivity index (χ3n) is 2.33. The van der Waals surface area contributed by atoms with Gasteiger partial charge in [0.25, 0.3) is 5.91 Å². The van der Waals surface area contributed by atoms with E-state index in [1.165, 1.54) is 0 Å². The molecule has 2 N–H and O–H groups in total. The summed E-state index contributed by atoms with van der Waals surface area (Å²) >= 11 is 5.92. The van der Waals surface area contributed by atoms with Crippen molar-refractivity contribution < 1.29 is 4.79 Å². The first-order valence-corrected chi connectivity index (χ1v) is 5.64. The molecule has 0 unspecified atom stereocenters. The van der Waals surface area contributed by atoms with Gasteiger partial charge in [-0.3, -0.25) is 9.78 Å². The maximum Gasteiger partial charge on any atom is 0.259 e. The number of amides is 1. The summed E-state index contributed by atoms with van der Waals surface area (Å²) in [6, 6.07) is 4.98. The summed E-state index contributed by atoms with van der Waals surface area (Å²) in [5.41, 5.74) is 1.12. The molecule has 0 saturated carbocycles. The fourth-order valence-corrected chi connectivity index (χ4v) is 1.61. The van der Waals surface area contributed by atoms with Crippen LogP contribution in [0.1, 0.15) is 10.4 Å². The van der Waals surface area contributed by atoms with Crippen LogP contribution in [0.2, 0.25) is 5.02 Å². The van der Waals surface area contributed by atoms with E-state index in [1.54, 1.807) is 43.8 Å². The van der Waals surface area contributed by atoms with Crippen LogP contribution in [0.4, 0.5) is 11.5 Å². The number of halogens is 1. The maximum atomic E-state index is 12.1. The third-order valence-corrected chi connectivity index (χ3v) is 2.63. The zero-order chi connectivity index (χ0) is 13.0. The van der Waals surface area contributed by atoms with Gasteiger partial charge in [-0.1, -0.05) is 11.6 Å². The minimum atomic E-state index is -0.289.